The SMILES string of the molecule is C[C@@H]1[C@H]2[C@@H]3C[C@H](Oc4ccc(Cl)cc4)C[C@@]3(C)CC[C@@H]2[C@@]2(C)CCCC=C2N1C. The summed E-state index contributed by atoms with van der Waals surface area (Å²) in [5.41, 5.74) is 2.44. The summed E-state index contributed by atoms with van der Waals surface area (Å²) in [6, 6.07) is 8.54. The van der Waals surface area contributed by atoms with Gasteiger partial charge in [0.1, 0.15) is 5.75 Å². The Balaban J connectivity index is 1.42. The first-order valence-corrected chi connectivity index (χ1v) is 12.1. The highest BCUT2D eigenvalue weighted by molar-refractivity contribution is 6.30. The second kappa shape index (κ2) is 6.94. The number of ether oxygens (including phenoxy) is 1. The highest BCUT2D eigenvalue weighted by Crippen LogP contribution is 2.65. The van der Waals surface area contributed by atoms with Crippen molar-refractivity contribution in [3.05, 3.63) is 41.1 Å². The lowest BCUT2D eigenvalue weighted by Gasteiger charge is -2.62. The molecular formula is C26H36ClNO. The first-order chi connectivity index (χ1) is 13.8. The third kappa shape index (κ3) is 3.04. The van der Waals surface area contributed by atoms with Crippen LogP contribution >= 0.6 is 11.6 Å². The summed E-state index contributed by atoms with van der Waals surface area (Å²) in [6.45, 7) is 7.63. The molecule has 1 aliphatic heterocycles. The molecular weight excluding hydrogens is 378 g/mol. The average Bonchev–Trinajstić information content (AvgIpc) is 3.03. The monoisotopic (exact) mass is 413 g/mol. The number of rotatable bonds is 2. The Kier molecular flexibility index (Phi) is 4.74. The molecule has 0 unspecified atom stereocenters. The van der Waals surface area contributed by atoms with E-state index in [1.54, 1.807) is 5.70 Å². The van der Waals surface area contributed by atoms with Crippen LogP contribution in [0.1, 0.15) is 65.7 Å². The Hall–Kier alpha value is -1.15. The number of hydrogen-bond donors (Lipinski definition) is 0. The van der Waals surface area contributed by atoms with Crippen molar-refractivity contribution in [2.75, 3.05) is 7.05 Å². The zero-order valence-corrected chi connectivity index (χ0v) is 19.2. The van der Waals surface area contributed by atoms with Crippen LogP contribution in [0.4, 0.5) is 0 Å². The maximum absolute atomic E-state index is 6.48. The fraction of sp³-hybridized carbons (Fsp3) is 0.692. The van der Waals surface area contributed by atoms with Gasteiger partial charge in [0.25, 0.3) is 0 Å². The van der Waals surface area contributed by atoms with Crippen molar-refractivity contribution in [2.45, 2.75) is 77.9 Å². The second-order valence-corrected chi connectivity index (χ2v) is 11.3. The Bertz CT molecular complexity index is 803. The van der Waals surface area contributed by atoms with Crippen LogP contribution < -0.4 is 4.74 Å². The molecule has 3 aliphatic carbocycles. The molecule has 1 saturated heterocycles. The molecule has 1 heterocycles. The fourth-order valence-electron chi connectivity index (χ4n) is 7.87. The third-order valence-corrected chi connectivity index (χ3v) is 9.62. The molecule has 1 aromatic carbocycles. The van der Waals surface area contributed by atoms with E-state index in [0.29, 0.717) is 23.0 Å². The molecule has 2 saturated carbocycles. The summed E-state index contributed by atoms with van der Waals surface area (Å²) >= 11 is 6.06. The molecule has 158 valence electrons. The molecule has 3 heteroatoms. The predicted molar refractivity (Wildman–Crippen MR) is 120 cm³/mol. The van der Waals surface area contributed by atoms with Gasteiger partial charge in [0.2, 0.25) is 0 Å². The van der Waals surface area contributed by atoms with Gasteiger partial charge in [-0.1, -0.05) is 31.5 Å². The molecule has 0 aromatic heterocycles. The summed E-state index contributed by atoms with van der Waals surface area (Å²) in [4.78, 5) is 2.65. The van der Waals surface area contributed by atoms with Crippen LogP contribution in [0.2, 0.25) is 5.02 Å². The van der Waals surface area contributed by atoms with Gasteiger partial charge in [-0.3, -0.25) is 0 Å². The second-order valence-electron chi connectivity index (χ2n) is 10.9. The van der Waals surface area contributed by atoms with E-state index in [-0.39, 0.29) is 0 Å². The number of piperidine rings is 1. The number of hydrogen-bond acceptors (Lipinski definition) is 2. The molecule has 0 N–H and O–H groups in total. The first kappa shape index (κ1) is 19.8. The van der Waals surface area contributed by atoms with Gasteiger partial charge in [-0.15, -0.1) is 0 Å². The number of benzene rings is 1. The first-order valence-electron chi connectivity index (χ1n) is 11.7. The van der Waals surface area contributed by atoms with Crippen LogP contribution in [-0.4, -0.2) is 24.1 Å². The molecule has 3 fully saturated rings. The highest BCUT2D eigenvalue weighted by atomic mass is 35.5. The zero-order valence-electron chi connectivity index (χ0n) is 18.5. The van der Waals surface area contributed by atoms with E-state index in [0.717, 1.165) is 28.5 Å². The number of halogens is 1. The maximum Gasteiger partial charge on any atom is 0.119 e. The van der Waals surface area contributed by atoms with Crippen molar-refractivity contribution in [2.24, 2.45) is 28.6 Å². The summed E-state index contributed by atoms with van der Waals surface area (Å²) in [6.07, 6.45) is 12.0. The molecule has 29 heavy (non-hydrogen) atoms. The van der Waals surface area contributed by atoms with Crippen molar-refractivity contribution in [3.63, 3.8) is 0 Å². The van der Waals surface area contributed by atoms with E-state index in [2.05, 4.69) is 38.8 Å². The number of likely N-dealkylation sites (tertiary alicyclic amines) is 1. The van der Waals surface area contributed by atoms with Crippen LogP contribution in [0.15, 0.2) is 36.0 Å². The summed E-state index contributed by atoms with van der Waals surface area (Å²) in [7, 11) is 2.36. The van der Waals surface area contributed by atoms with Gasteiger partial charge < -0.3 is 9.64 Å². The highest BCUT2D eigenvalue weighted by Gasteiger charge is 2.61. The minimum atomic E-state index is 0.332. The van der Waals surface area contributed by atoms with Crippen LogP contribution in [-0.2, 0) is 0 Å². The zero-order chi connectivity index (χ0) is 20.4. The van der Waals surface area contributed by atoms with E-state index in [1.807, 2.05) is 24.3 Å². The molecule has 0 amide bonds. The Morgan fingerprint density at radius 1 is 1.10 bits per heavy atom. The normalized spacial score (nSPS) is 43.8. The van der Waals surface area contributed by atoms with E-state index >= 15 is 0 Å². The van der Waals surface area contributed by atoms with Crippen molar-refractivity contribution in [3.8, 4) is 5.75 Å². The summed E-state index contributed by atoms with van der Waals surface area (Å²) in [5, 5.41) is 0.774. The van der Waals surface area contributed by atoms with Crippen LogP contribution in [0, 0.1) is 28.6 Å². The average molecular weight is 414 g/mol. The third-order valence-electron chi connectivity index (χ3n) is 9.37. The van der Waals surface area contributed by atoms with Gasteiger partial charge >= 0.3 is 0 Å². The number of nitrogens with zero attached hydrogens (tertiary/aromatic N) is 1. The molecule has 1 aromatic rings. The van der Waals surface area contributed by atoms with Crippen LogP contribution in [0.5, 0.6) is 5.75 Å². The molecule has 7 atom stereocenters. The minimum absolute atomic E-state index is 0.332. The van der Waals surface area contributed by atoms with Crippen LogP contribution in [0.3, 0.4) is 0 Å². The predicted octanol–water partition coefficient (Wildman–Crippen LogP) is 6.94. The van der Waals surface area contributed by atoms with Crippen molar-refractivity contribution >= 4 is 11.6 Å². The standard InChI is InChI=1S/C26H36ClNO/c1-17-24-21(26(3)13-6-5-7-23(26)28(17)4)12-14-25(2)16-20(15-22(24)25)29-19-10-8-18(27)9-11-19/h7-11,17,20-22,24H,5-6,12-16H2,1-4H3/t17-,20+,21+,22+,24-,25-,26-/m1/s1. The quantitative estimate of drug-likeness (QED) is 0.520. The Labute approximate surface area is 181 Å². The molecule has 4 aliphatic rings. The lowest BCUT2D eigenvalue weighted by molar-refractivity contribution is -0.0884. The van der Waals surface area contributed by atoms with Gasteiger partial charge in [0, 0.05) is 29.2 Å². The van der Waals surface area contributed by atoms with Crippen molar-refractivity contribution in [1.82, 2.24) is 4.90 Å². The Morgan fingerprint density at radius 2 is 1.86 bits per heavy atom. The summed E-state index contributed by atoms with van der Waals surface area (Å²) in [5.74, 6) is 3.33. The summed E-state index contributed by atoms with van der Waals surface area (Å²) < 4.78 is 6.48. The topological polar surface area (TPSA) is 12.5 Å². The van der Waals surface area contributed by atoms with E-state index in [9.17, 15) is 0 Å². The molecule has 0 spiro atoms. The largest absolute Gasteiger partial charge is 0.490 e. The molecule has 2 nitrogen and oxygen atoms in total. The van der Waals surface area contributed by atoms with Gasteiger partial charge in [0.05, 0.1) is 6.10 Å². The molecule has 0 bridgehead atoms. The van der Waals surface area contributed by atoms with E-state index in [4.69, 9.17) is 16.3 Å². The van der Waals surface area contributed by atoms with Crippen molar-refractivity contribution in [1.29, 1.82) is 0 Å². The smallest absolute Gasteiger partial charge is 0.119 e. The fourth-order valence-corrected chi connectivity index (χ4v) is 8.00. The lowest BCUT2D eigenvalue weighted by Crippen LogP contribution is -2.59. The van der Waals surface area contributed by atoms with Gasteiger partial charge in [0.15, 0.2) is 0 Å². The van der Waals surface area contributed by atoms with Gasteiger partial charge in [-0.25, -0.2) is 0 Å². The van der Waals surface area contributed by atoms with Gasteiger partial charge in [-0.2, -0.15) is 0 Å². The molecule has 5 rings (SSSR count). The maximum atomic E-state index is 6.48. The van der Waals surface area contributed by atoms with Gasteiger partial charge in [-0.05, 0) is 99.3 Å². The number of allylic oxidation sites excluding steroid dienone is 2. The van der Waals surface area contributed by atoms with Crippen LogP contribution in [0.25, 0.3) is 0 Å². The Morgan fingerprint density at radius 3 is 2.62 bits per heavy atom. The minimum Gasteiger partial charge on any atom is -0.490 e. The van der Waals surface area contributed by atoms with E-state index in [1.165, 1.54) is 44.9 Å². The van der Waals surface area contributed by atoms with Crippen molar-refractivity contribution < 1.29 is 4.74 Å². The number of fused-ring (bicyclic) bond motifs is 5. The van der Waals surface area contributed by atoms with E-state index < -0.39 is 0 Å². The lowest BCUT2D eigenvalue weighted by atomic mass is 9.49. The molecule has 0 radical (unpaired) electrons.